The second-order valence-corrected chi connectivity index (χ2v) is 2.10. The second-order valence-electron chi connectivity index (χ2n) is 0.289. The Balaban J connectivity index is 0. The molecule has 0 aliphatic rings. The van der Waals surface area contributed by atoms with Gasteiger partial charge in [-0.3, -0.25) is 0 Å². The van der Waals surface area contributed by atoms with Gasteiger partial charge in [-0.15, -0.1) is 0 Å². The Bertz CT molecular complexity index is 76.3. The molecule has 0 bridgehead atoms. The minimum atomic E-state index is -4.47. The van der Waals surface area contributed by atoms with Crippen molar-refractivity contribution in [3.8, 4) is 0 Å². The molecule has 0 aromatic carbocycles. The summed E-state index contributed by atoms with van der Waals surface area (Å²) >= 11 is -4.47. The molecule has 0 atom stereocenters. The zero-order chi connectivity index (χ0) is 3.58. The van der Waals surface area contributed by atoms with Crippen molar-refractivity contribution < 1.29 is 61.2 Å². The molecule has 0 unspecified atom stereocenters. The maximum absolute atomic E-state index is 8.64. The van der Waals surface area contributed by atoms with Crippen LogP contribution in [0.5, 0.6) is 0 Å². The van der Waals surface area contributed by atoms with E-state index < -0.39 is 30.2 Å². The first-order chi connectivity index (χ1) is 1.73. The van der Waals surface area contributed by atoms with E-state index >= 15 is 0 Å². The average molecular weight is 365 g/mol. The predicted molar refractivity (Wildman–Crippen MR) is 2.06 cm³/mol. The van der Waals surface area contributed by atoms with E-state index in [9.17, 15) is 0 Å². The van der Waals surface area contributed by atoms with Crippen LogP contribution in [0.2, 0.25) is 0 Å². The molecular weight excluding hydrogens is 365 g/mol. The van der Waals surface area contributed by atoms with E-state index in [-0.39, 0.29) is 25.8 Å². The summed E-state index contributed by atoms with van der Waals surface area (Å²) in [6.07, 6.45) is 0. The molecule has 0 rings (SSSR count). The Morgan fingerprint density at radius 2 is 1.00 bits per heavy atom. The fourth-order valence-corrected chi connectivity index (χ4v) is 0. The van der Waals surface area contributed by atoms with E-state index in [0.717, 1.165) is 0 Å². The summed E-state index contributed by atoms with van der Waals surface area (Å²) in [5.41, 5.74) is 0. The van der Waals surface area contributed by atoms with E-state index in [0.29, 0.717) is 0 Å². The van der Waals surface area contributed by atoms with Gasteiger partial charge in [0.1, 0.15) is 0 Å². The monoisotopic (exact) mass is 367 g/mol. The fraction of sp³-hybridized carbons (Fsp3) is 0. The van der Waals surface area contributed by atoms with Crippen molar-refractivity contribution in [2.45, 2.75) is 0 Å². The van der Waals surface area contributed by atoms with Crippen molar-refractivity contribution in [2.24, 2.45) is 0 Å². The van der Waals surface area contributed by atoms with E-state index in [1.165, 1.54) is 0 Å². The van der Waals surface area contributed by atoms with Crippen LogP contribution < -0.4 is 0 Å². The van der Waals surface area contributed by atoms with Crippen molar-refractivity contribution in [1.82, 2.24) is 0 Å². The van der Waals surface area contributed by atoms with Gasteiger partial charge in [0.2, 0.25) is 0 Å². The van der Waals surface area contributed by atoms with Gasteiger partial charge in [0, 0.05) is 25.8 Å². The van der Waals surface area contributed by atoms with Gasteiger partial charge in [0.05, 0.1) is 0 Å². The molecule has 0 saturated carbocycles. The van der Waals surface area contributed by atoms with Gasteiger partial charge in [-0.1, -0.05) is 0 Å². The third-order valence-corrected chi connectivity index (χ3v) is 0. The summed E-state index contributed by atoms with van der Waals surface area (Å²) in [7, 11) is 0. The van der Waals surface area contributed by atoms with Crippen LogP contribution in [0.4, 0.5) is 0 Å². The topological polar surface area (TPSA) is 51.2 Å². The van der Waals surface area contributed by atoms with Gasteiger partial charge in [-0.2, -0.15) is 0 Å². The van der Waals surface area contributed by atoms with Gasteiger partial charge >= 0.3 is 35.3 Å². The zero-order valence-corrected chi connectivity index (χ0v) is 9.52. The van der Waals surface area contributed by atoms with Gasteiger partial charge in [0.25, 0.3) is 0 Å². The maximum atomic E-state index is 8.64. The molecule has 0 N–H and O–H groups in total. The van der Waals surface area contributed by atoms with Crippen molar-refractivity contribution >= 4 is 0 Å². The first kappa shape index (κ1) is 9.69. The van der Waals surface area contributed by atoms with E-state index in [1.807, 2.05) is 0 Å². The Kier molecular flexibility index (Phi) is 10.6. The number of rotatable bonds is 0. The minimum absolute atomic E-state index is 0. The SMILES string of the molecule is [Hf].[O]=[La](=[O])=[O]. The average Bonchev–Trinajstić information content (AvgIpc) is 0.811. The molecule has 0 aromatic heterocycles. The van der Waals surface area contributed by atoms with Gasteiger partial charge in [-0.25, -0.2) is 0 Å². The van der Waals surface area contributed by atoms with E-state index in [4.69, 9.17) is 5.09 Å². The molecule has 0 spiro atoms. The van der Waals surface area contributed by atoms with Crippen molar-refractivity contribution in [3.05, 3.63) is 0 Å². The first-order valence-electron chi connectivity index (χ1n) is 0.707. The summed E-state index contributed by atoms with van der Waals surface area (Å²) in [5, 5.41) is 0. The quantitative estimate of drug-likeness (QED) is 0.551. The summed E-state index contributed by atoms with van der Waals surface area (Å²) in [4.78, 5) is 0. The molecule has 3 nitrogen and oxygen atoms in total. The molecule has 5 heteroatoms. The molecular formula is HfLaO3. The van der Waals surface area contributed by atoms with Gasteiger partial charge in [0.15, 0.2) is 0 Å². The van der Waals surface area contributed by atoms with Gasteiger partial charge < -0.3 is 0 Å². The molecule has 0 saturated heterocycles. The molecule has 0 heterocycles. The van der Waals surface area contributed by atoms with Crippen LogP contribution in [-0.4, -0.2) is 0 Å². The summed E-state index contributed by atoms with van der Waals surface area (Å²) < 4.78 is 25.9. The molecule has 0 aliphatic heterocycles. The number of hydrogen-bond acceptors (Lipinski definition) is 3. The third-order valence-electron chi connectivity index (χ3n) is 0. The fourth-order valence-electron chi connectivity index (χ4n) is 0. The Labute approximate surface area is 60.1 Å². The van der Waals surface area contributed by atoms with Crippen molar-refractivity contribution in [1.29, 1.82) is 0 Å². The van der Waals surface area contributed by atoms with E-state index in [2.05, 4.69) is 0 Å². The molecule has 5 heavy (non-hydrogen) atoms. The van der Waals surface area contributed by atoms with Crippen molar-refractivity contribution in [3.63, 3.8) is 0 Å². The number of hydrogen-bond donors (Lipinski definition) is 0. The van der Waals surface area contributed by atoms with Crippen LogP contribution in [0, 0.1) is 30.2 Å². The Morgan fingerprint density at radius 1 is 1.00 bits per heavy atom. The van der Waals surface area contributed by atoms with Crippen LogP contribution in [0.1, 0.15) is 0 Å². The summed E-state index contributed by atoms with van der Waals surface area (Å²) in [6, 6.07) is 0. The molecule has 0 amide bonds. The Morgan fingerprint density at radius 3 is 1.00 bits per heavy atom. The van der Waals surface area contributed by atoms with Crippen molar-refractivity contribution in [2.75, 3.05) is 0 Å². The van der Waals surface area contributed by atoms with Crippen LogP contribution in [0.3, 0.4) is 0 Å². The summed E-state index contributed by atoms with van der Waals surface area (Å²) in [6.45, 7) is 0. The molecule has 0 radical (unpaired) electrons. The van der Waals surface area contributed by atoms with Crippen LogP contribution >= 0.6 is 0 Å². The predicted octanol–water partition coefficient (Wildman–Crippen LogP) is -0.359. The van der Waals surface area contributed by atoms with E-state index in [1.54, 1.807) is 0 Å². The molecule has 0 aromatic rings. The second kappa shape index (κ2) is 5.46. The third kappa shape index (κ3) is 30.6. The molecule has 25 valence electrons. The van der Waals surface area contributed by atoms with Crippen LogP contribution in [0.15, 0.2) is 0 Å². The zero-order valence-electron chi connectivity index (χ0n) is 2.30. The van der Waals surface area contributed by atoms with Crippen LogP contribution in [0.25, 0.3) is 0 Å². The molecule has 0 fully saturated rings. The standard InChI is InChI=1S/Hf.La.3O. The van der Waals surface area contributed by atoms with Crippen LogP contribution in [-0.2, 0) is 30.9 Å². The molecule has 0 aliphatic carbocycles. The van der Waals surface area contributed by atoms with Gasteiger partial charge in [-0.05, 0) is 0 Å². The normalized spacial score (nSPS) is 3.00. The Hall–Kier alpha value is 1.46. The summed E-state index contributed by atoms with van der Waals surface area (Å²) in [5.74, 6) is 0. The first-order valence-corrected chi connectivity index (χ1v) is 5.15.